The zero-order valence-electron chi connectivity index (χ0n) is 12.0. The Morgan fingerprint density at radius 1 is 1.25 bits per heavy atom. The maximum atomic E-state index is 4.45. The minimum Gasteiger partial charge on any atom is -0.369 e. The number of hydrogen-bond acceptors (Lipinski definition) is 5. The van der Waals surface area contributed by atoms with Gasteiger partial charge in [0.2, 0.25) is 0 Å². The second-order valence-electron chi connectivity index (χ2n) is 5.62. The van der Waals surface area contributed by atoms with Crippen molar-refractivity contribution in [1.29, 1.82) is 0 Å². The Labute approximate surface area is 128 Å². The second kappa shape index (κ2) is 6.26. The van der Waals surface area contributed by atoms with Crippen molar-refractivity contribution in [1.82, 2.24) is 14.9 Å². The van der Waals surface area contributed by atoms with Crippen LogP contribution in [0, 0.1) is 5.92 Å². The van der Waals surface area contributed by atoms with Gasteiger partial charge in [-0.3, -0.25) is 4.90 Å². The molecule has 1 aromatic heterocycles. The maximum Gasteiger partial charge on any atom is 0.148 e. The summed E-state index contributed by atoms with van der Waals surface area (Å²) in [5, 5.41) is 3.26. The summed E-state index contributed by atoms with van der Waals surface area (Å²) in [4.78, 5) is 13.7. The molecule has 0 spiro atoms. The van der Waals surface area contributed by atoms with Crippen molar-refractivity contribution in [3.63, 3.8) is 0 Å². The van der Waals surface area contributed by atoms with Gasteiger partial charge in [-0.15, -0.1) is 0 Å². The third-order valence-corrected chi connectivity index (χ3v) is 4.73. The van der Waals surface area contributed by atoms with Crippen LogP contribution in [0.5, 0.6) is 0 Å². The van der Waals surface area contributed by atoms with Gasteiger partial charge >= 0.3 is 0 Å². The number of halogens is 1. The molecule has 3 rings (SSSR count). The molecule has 0 amide bonds. The van der Waals surface area contributed by atoms with E-state index in [1.807, 2.05) is 0 Å². The summed E-state index contributed by atoms with van der Waals surface area (Å²) in [6.07, 6.45) is 4.52. The highest BCUT2D eigenvalue weighted by atomic mass is 79.9. The van der Waals surface area contributed by atoms with Gasteiger partial charge in [0.05, 0.1) is 0 Å². The van der Waals surface area contributed by atoms with Gasteiger partial charge in [-0.05, 0) is 41.6 Å². The number of nitrogens with one attached hydrogen (secondary N) is 1. The van der Waals surface area contributed by atoms with E-state index in [9.17, 15) is 0 Å². The lowest BCUT2D eigenvalue weighted by atomic mass is 10.2. The molecule has 1 aliphatic heterocycles. The first kappa shape index (κ1) is 14.1. The van der Waals surface area contributed by atoms with Crippen LogP contribution in [-0.2, 0) is 0 Å². The Bertz CT molecular complexity index is 455. The normalized spacial score (nSPS) is 20.2. The summed E-state index contributed by atoms with van der Waals surface area (Å²) in [7, 11) is 0. The number of piperazine rings is 1. The fourth-order valence-corrected chi connectivity index (χ4v) is 3.28. The first-order valence-corrected chi connectivity index (χ1v) is 8.29. The zero-order chi connectivity index (χ0) is 13.9. The van der Waals surface area contributed by atoms with E-state index in [0.717, 1.165) is 54.8 Å². The van der Waals surface area contributed by atoms with E-state index in [-0.39, 0.29) is 0 Å². The van der Waals surface area contributed by atoms with E-state index in [2.05, 4.69) is 47.9 Å². The van der Waals surface area contributed by atoms with Crippen LogP contribution in [-0.4, -0.2) is 54.1 Å². The molecule has 2 fully saturated rings. The average Bonchev–Trinajstić information content (AvgIpc) is 3.27. The smallest absolute Gasteiger partial charge is 0.148 e. The van der Waals surface area contributed by atoms with Crippen molar-refractivity contribution in [2.75, 3.05) is 49.5 Å². The number of anilines is 2. The Morgan fingerprint density at radius 3 is 2.65 bits per heavy atom. The minimum absolute atomic E-state index is 0.865. The van der Waals surface area contributed by atoms with Crippen molar-refractivity contribution < 1.29 is 0 Å². The van der Waals surface area contributed by atoms with Gasteiger partial charge in [-0.25, -0.2) is 9.97 Å². The number of rotatable bonds is 5. The quantitative estimate of drug-likeness (QED) is 0.890. The summed E-state index contributed by atoms with van der Waals surface area (Å²) in [5.41, 5.74) is 0. The predicted molar refractivity (Wildman–Crippen MR) is 85.3 cm³/mol. The van der Waals surface area contributed by atoms with Crippen LogP contribution in [0.1, 0.15) is 19.8 Å². The first-order chi connectivity index (χ1) is 9.78. The van der Waals surface area contributed by atoms with Gasteiger partial charge in [0.1, 0.15) is 22.4 Å². The van der Waals surface area contributed by atoms with Gasteiger partial charge in [0.25, 0.3) is 0 Å². The fourth-order valence-electron chi connectivity index (χ4n) is 2.68. The molecule has 0 bridgehead atoms. The number of nitrogens with zero attached hydrogens (tertiary/aromatic N) is 4. The molecule has 0 unspecified atom stereocenters. The molecule has 0 radical (unpaired) electrons. The van der Waals surface area contributed by atoms with E-state index >= 15 is 0 Å². The highest BCUT2D eigenvalue weighted by Crippen LogP contribution is 2.32. The van der Waals surface area contributed by atoms with Crippen LogP contribution >= 0.6 is 15.9 Å². The standard InChI is InChI=1S/C14H22BrN5/c1-2-16-13-12(15)14(18-10-17-13)20-7-5-19(6-8-20)9-11-3-4-11/h10-11H,2-9H2,1H3,(H,16,17,18). The van der Waals surface area contributed by atoms with E-state index in [1.165, 1.54) is 19.4 Å². The minimum atomic E-state index is 0.865. The molecule has 0 atom stereocenters. The molecule has 1 N–H and O–H groups in total. The molecule has 5 nitrogen and oxygen atoms in total. The molecule has 6 heteroatoms. The van der Waals surface area contributed by atoms with Crippen molar-refractivity contribution in [3.8, 4) is 0 Å². The van der Waals surface area contributed by atoms with Crippen LogP contribution in [0.2, 0.25) is 0 Å². The molecule has 1 aliphatic carbocycles. The molecule has 110 valence electrons. The van der Waals surface area contributed by atoms with E-state index in [0.29, 0.717) is 0 Å². The Hall–Kier alpha value is -0.880. The molecule has 20 heavy (non-hydrogen) atoms. The van der Waals surface area contributed by atoms with Crippen LogP contribution in [0.25, 0.3) is 0 Å². The summed E-state index contributed by atoms with van der Waals surface area (Å²) in [6.45, 7) is 8.62. The van der Waals surface area contributed by atoms with Gasteiger partial charge in [-0.2, -0.15) is 0 Å². The fraction of sp³-hybridized carbons (Fsp3) is 0.714. The van der Waals surface area contributed by atoms with E-state index in [1.54, 1.807) is 6.33 Å². The molecule has 2 aliphatic rings. The van der Waals surface area contributed by atoms with Gasteiger partial charge < -0.3 is 10.2 Å². The van der Waals surface area contributed by atoms with Crippen LogP contribution in [0.15, 0.2) is 10.8 Å². The highest BCUT2D eigenvalue weighted by molar-refractivity contribution is 9.10. The monoisotopic (exact) mass is 339 g/mol. The molecular formula is C14H22BrN5. The number of hydrogen-bond donors (Lipinski definition) is 1. The molecule has 2 heterocycles. The summed E-state index contributed by atoms with van der Waals surface area (Å²) < 4.78 is 0.984. The maximum absolute atomic E-state index is 4.45. The third-order valence-electron chi connectivity index (χ3n) is 4.00. The molecular weight excluding hydrogens is 318 g/mol. The Morgan fingerprint density at radius 2 is 2.00 bits per heavy atom. The third kappa shape index (κ3) is 3.23. The first-order valence-electron chi connectivity index (χ1n) is 7.49. The topological polar surface area (TPSA) is 44.3 Å². The summed E-state index contributed by atoms with van der Waals surface area (Å²) >= 11 is 3.64. The average molecular weight is 340 g/mol. The summed E-state index contributed by atoms with van der Waals surface area (Å²) in [6, 6.07) is 0. The van der Waals surface area contributed by atoms with E-state index < -0.39 is 0 Å². The molecule has 0 aromatic carbocycles. The lowest BCUT2D eigenvalue weighted by Gasteiger charge is -2.35. The van der Waals surface area contributed by atoms with Gasteiger partial charge in [0, 0.05) is 39.3 Å². The van der Waals surface area contributed by atoms with Crippen molar-refractivity contribution in [2.24, 2.45) is 5.92 Å². The van der Waals surface area contributed by atoms with Gasteiger partial charge in [0.15, 0.2) is 0 Å². The lowest BCUT2D eigenvalue weighted by molar-refractivity contribution is 0.247. The SMILES string of the molecule is CCNc1ncnc(N2CCN(CC3CC3)CC2)c1Br. The lowest BCUT2D eigenvalue weighted by Crippen LogP contribution is -2.47. The Kier molecular flexibility index (Phi) is 4.41. The summed E-state index contributed by atoms with van der Waals surface area (Å²) in [5.74, 6) is 2.88. The second-order valence-corrected chi connectivity index (χ2v) is 6.41. The molecule has 1 saturated carbocycles. The van der Waals surface area contributed by atoms with Crippen LogP contribution in [0.4, 0.5) is 11.6 Å². The van der Waals surface area contributed by atoms with Crippen molar-refractivity contribution in [2.45, 2.75) is 19.8 Å². The number of aromatic nitrogens is 2. The molecule has 1 saturated heterocycles. The van der Waals surface area contributed by atoms with Crippen molar-refractivity contribution >= 4 is 27.6 Å². The Balaban J connectivity index is 1.63. The van der Waals surface area contributed by atoms with E-state index in [4.69, 9.17) is 0 Å². The largest absolute Gasteiger partial charge is 0.369 e. The van der Waals surface area contributed by atoms with Crippen LogP contribution in [0.3, 0.4) is 0 Å². The zero-order valence-corrected chi connectivity index (χ0v) is 13.6. The predicted octanol–water partition coefficient (Wildman–Crippen LogP) is 2.20. The van der Waals surface area contributed by atoms with Crippen LogP contribution < -0.4 is 10.2 Å². The van der Waals surface area contributed by atoms with Gasteiger partial charge in [-0.1, -0.05) is 0 Å². The van der Waals surface area contributed by atoms with Crippen molar-refractivity contribution in [3.05, 3.63) is 10.8 Å². The highest BCUT2D eigenvalue weighted by Gasteiger charge is 2.27. The molecule has 1 aromatic rings.